The molecule has 2 aromatic heterocycles. The van der Waals surface area contributed by atoms with E-state index in [-0.39, 0.29) is 11.5 Å². The number of aromatic nitrogens is 4. The summed E-state index contributed by atoms with van der Waals surface area (Å²) >= 11 is 0. The highest BCUT2D eigenvalue weighted by molar-refractivity contribution is 6.06. The Morgan fingerprint density at radius 3 is 2.57 bits per heavy atom. The van der Waals surface area contributed by atoms with Gasteiger partial charge in [0.1, 0.15) is 5.82 Å². The highest BCUT2D eigenvalue weighted by Crippen LogP contribution is 2.31. The fourth-order valence-electron chi connectivity index (χ4n) is 2.73. The predicted octanol–water partition coefficient (Wildman–Crippen LogP) is 2.15. The number of anilines is 1. The summed E-state index contributed by atoms with van der Waals surface area (Å²) in [6.45, 7) is 5.21. The van der Waals surface area contributed by atoms with Gasteiger partial charge in [0.15, 0.2) is 11.5 Å². The van der Waals surface area contributed by atoms with Gasteiger partial charge in [0.05, 0.1) is 25.5 Å². The van der Waals surface area contributed by atoms with Gasteiger partial charge in [-0.1, -0.05) is 6.07 Å². The third-order valence-electron chi connectivity index (χ3n) is 4.30. The molecule has 0 saturated heterocycles. The summed E-state index contributed by atoms with van der Waals surface area (Å²) in [7, 11) is 2.96. The van der Waals surface area contributed by atoms with E-state index in [9.17, 15) is 9.59 Å². The molecule has 3 rings (SSSR count). The van der Waals surface area contributed by atoms with Crippen molar-refractivity contribution in [3.8, 4) is 17.4 Å². The van der Waals surface area contributed by atoms with Crippen LogP contribution in [0.1, 0.15) is 27.3 Å². The second-order valence-electron chi connectivity index (χ2n) is 6.18. The lowest BCUT2D eigenvalue weighted by molar-refractivity contribution is 0.102. The molecule has 3 aromatic rings. The van der Waals surface area contributed by atoms with Gasteiger partial charge >= 0.3 is 0 Å². The van der Waals surface area contributed by atoms with Crippen molar-refractivity contribution in [2.75, 3.05) is 19.5 Å². The lowest BCUT2D eigenvalue weighted by Crippen LogP contribution is -2.21. The average Bonchev–Trinajstić information content (AvgIpc) is 3.04. The second kappa shape index (κ2) is 7.55. The Balaban J connectivity index is 2.01. The van der Waals surface area contributed by atoms with Crippen LogP contribution in [0, 0.1) is 20.8 Å². The van der Waals surface area contributed by atoms with E-state index in [0.29, 0.717) is 39.8 Å². The molecule has 0 aliphatic heterocycles. The van der Waals surface area contributed by atoms with Gasteiger partial charge in [-0.25, -0.2) is 4.98 Å². The summed E-state index contributed by atoms with van der Waals surface area (Å²) in [5.41, 5.74) is 1.79. The summed E-state index contributed by atoms with van der Waals surface area (Å²) in [6.07, 6.45) is 0. The number of hydrogen-bond acceptors (Lipinski definition) is 6. The second-order valence-corrected chi connectivity index (χ2v) is 6.18. The lowest BCUT2D eigenvalue weighted by Gasteiger charge is -2.13. The number of rotatable bonds is 5. The van der Waals surface area contributed by atoms with E-state index in [1.54, 1.807) is 45.0 Å². The first kappa shape index (κ1) is 19.2. The number of amides is 1. The number of nitrogens with zero attached hydrogens (tertiary/aromatic N) is 3. The van der Waals surface area contributed by atoms with Crippen LogP contribution in [0.5, 0.6) is 11.5 Å². The van der Waals surface area contributed by atoms with Gasteiger partial charge in [0, 0.05) is 17.3 Å². The van der Waals surface area contributed by atoms with Crippen molar-refractivity contribution in [2.24, 2.45) is 0 Å². The number of carbonyl (C=O) groups is 1. The van der Waals surface area contributed by atoms with Crippen molar-refractivity contribution < 1.29 is 14.3 Å². The van der Waals surface area contributed by atoms with Crippen LogP contribution < -0.4 is 20.3 Å². The Labute approximate surface area is 161 Å². The van der Waals surface area contributed by atoms with E-state index in [0.717, 1.165) is 0 Å². The number of hydrogen-bond donors (Lipinski definition) is 2. The summed E-state index contributed by atoms with van der Waals surface area (Å²) in [6, 6.07) is 6.70. The molecule has 0 aliphatic rings. The van der Waals surface area contributed by atoms with Crippen LogP contribution in [0.3, 0.4) is 0 Å². The first-order valence-corrected chi connectivity index (χ1v) is 8.52. The molecule has 1 aromatic carbocycles. The average molecular weight is 383 g/mol. The number of nitrogens with one attached hydrogen (secondary N) is 2. The van der Waals surface area contributed by atoms with Gasteiger partial charge < -0.3 is 14.8 Å². The molecular weight excluding hydrogens is 362 g/mol. The zero-order valence-corrected chi connectivity index (χ0v) is 16.3. The third-order valence-corrected chi connectivity index (χ3v) is 4.30. The maximum absolute atomic E-state index is 12.9. The Kier molecular flexibility index (Phi) is 5.16. The summed E-state index contributed by atoms with van der Waals surface area (Å²) in [4.78, 5) is 32.0. The van der Waals surface area contributed by atoms with Gasteiger partial charge in [-0.2, -0.15) is 9.78 Å². The van der Waals surface area contributed by atoms with Crippen LogP contribution in [0.15, 0.2) is 29.1 Å². The van der Waals surface area contributed by atoms with Crippen molar-refractivity contribution in [1.29, 1.82) is 0 Å². The van der Waals surface area contributed by atoms with Crippen LogP contribution in [-0.2, 0) is 0 Å². The van der Waals surface area contributed by atoms with Crippen LogP contribution in [0.4, 0.5) is 5.82 Å². The number of para-hydroxylation sites is 1. The Bertz CT molecular complexity index is 1100. The number of ether oxygens (including phenoxy) is 2. The number of H-pyrrole nitrogens is 1. The van der Waals surface area contributed by atoms with E-state index in [1.165, 1.54) is 18.9 Å². The molecule has 0 spiro atoms. The molecular formula is C19H21N5O4. The molecule has 0 radical (unpaired) electrons. The highest BCUT2D eigenvalue weighted by Gasteiger charge is 2.19. The quantitative estimate of drug-likeness (QED) is 0.698. The molecule has 0 saturated carbocycles. The van der Waals surface area contributed by atoms with Crippen molar-refractivity contribution in [3.05, 3.63) is 57.1 Å². The molecule has 9 nitrogen and oxygen atoms in total. The van der Waals surface area contributed by atoms with Gasteiger partial charge in [-0.15, -0.1) is 0 Å². The van der Waals surface area contributed by atoms with E-state index in [4.69, 9.17) is 9.47 Å². The highest BCUT2D eigenvalue weighted by atomic mass is 16.5. The Morgan fingerprint density at radius 2 is 1.93 bits per heavy atom. The number of aryl methyl sites for hydroxylation is 2. The summed E-state index contributed by atoms with van der Waals surface area (Å²) < 4.78 is 11.9. The standard InChI is InChI=1S/C19H21N5O4/c1-10-9-15(24(23-10)19-20-12(3)11(2)17(25)22-19)21-18(26)13-7-6-8-14(27-4)16(13)28-5/h6-9H,1-5H3,(H,21,26)(H,20,22,25). The van der Waals surface area contributed by atoms with Gasteiger partial charge in [0.2, 0.25) is 5.95 Å². The molecule has 2 heterocycles. The minimum absolute atomic E-state index is 0.217. The fraction of sp³-hybridized carbons (Fsp3) is 0.263. The first-order valence-electron chi connectivity index (χ1n) is 8.52. The minimum Gasteiger partial charge on any atom is -0.493 e. The van der Waals surface area contributed by atoms with Gasteiger partial charge in [-0.3, -0.25) is 14.6 Å². The SMILES string of the molecule is COc1cccc(C(=O)Nc2cc(C)nn2-c2nc(C)c(C)c(=O)[nH]2)c1OC. The molecule has 9 heteroatoms. The largest absolute Gasteiger partial charge is 0.493 e. The number of carbonyl (C=O) groups excluding carboxylic acids is 1. The minimum atomic E-state index is -0.414. The van der Waals surface area contributed by atoms with E-state index in [2.05, 4.69) is 20.4 Å². The number of aromatic amines is 1. The first-order chi connectivity index (χ1) is 13.3. The molecule has 146 valence electrons. The molecule has 0 aliphatic carbocycles. The number of methoxy groups -OCH3 is 2. The molecule has 0 fully saturated rings. The van der Waals surface area contributed by atoms with Crippen LogP contribution in [0.25, 0.3) is 5.95 Å². The zero-order chi connectivity index (χ0) is 20.4. The fourth-order valence-corrected chi connectivity index (χ4v) is 2.73. The molecule has 2 N–H and O–H groups in total. The van der Waals surface area contributed by atoms with Crippen LogP contribution in [0.2, 0.25) is 0 Å². The maximum atomic E-state index is 12.9. The normalized spacial score (nSPS) is 10.6. The van der Waals surface area contributed by atoms with E-state index < -0.39 is 5.91 Å². The maximum Gasteiger partial charge on any atom is 0.260 e. The molecule has 1 amide bonds. The smallest absolute Gasteiger partial charge is 0.260 e. The molecule has 0 bridgehead atoms. The monoisotopic (exact) mass is 383 g/mol. The zero-order valence-electron chi connectivity index (χ0n) is 16.3. The van der Waals surface area contributed by atoms with E-state index >= 15 is 0 Å². The van der Waals surface area contributed by atoms with Crippen molar-refractivity contribution in [3.63, 3.8) is 0 Å². The topological polar surface area (TPSA) is 111 Å². The lowest BCUT2D eigenvalue weighted by atomic mass is 10.1. The third kappa shape index (κ3) is 3.46. The van der Waals surface area contributed by atoms with E-state index in [1.807, 2.05) is 0 Å². The predicted molar refractivity (Wildman–Crippen MR) is 104 cm³/mol. The van der Waals surface area contributed by atoms with Gasteiger partial charge in [0.25, 0.3) is 11.5 Å². The van der Waals surface area contributed by atoms with Crippen molar-refractivity contribution in [2.45, 2.75) is 20.8 Å². The number of benzene rings is 1. The summed E-state index contributed by atoms with van der Waals surface area (Å²) in [5.74, 6) is 0.930. The molecule has 0 atom stereocenters. The Hall–Kier alpha value is -3.62. The van der Waals surface area contributed by atoms with Crippen LogP contribution >= 0.6 is 0 Å². The Morgan fingerprint density at radius 1 is 1.18 bits per heavy atom. The van der Waals surface area contributed by atoms with Crippen molar-refractivity contribution in [1.82, 2.24) is 19.7 Å². The molecule has 0 unspecified atom stereocenters. The van der Waals surface area contributed by atoms with Crippen molar-refractivity contribution >= 4 is 11.7 Å². The van der Waals surface area contributed by atoms with Crippen LogP contribution in [-0.4, -0.2) is 39.9 Å². The molecule has 28 heavy (non-hydrogen) atoms. The van der Waals surface area contributed by atoms with Gasteiger partial charge in [-0.05, 0) is 32.9 Å². The summed E-state index contributed by atoms with van der Waals surface area (Å²) in [5, 5.41) is 7.12.